The molecule has 2 aliphatic carbocycles. The highest BCUT2D eigenvalue weighted by Gasteiger charge is 2.55. The van der Waals surface area contributed by atoms with Crippen molar-refractivity contribution in [3.63, 3.8) is 0 Å². The molecule has 2 aliphatic heterocycles. The number of hydrogen-bond donors (Lipinski definition) is 1. The molecule has 2 atom stereocenters. The van der Waals surface area contributed by atoms with Crippen LogP contribution in [0.2, 0.25) is 0 Å². The molecule has 13 heavy (non-hydrogen) atoms. The van der Waals surface area contributed by atoms with Gasteiger partial charge in [-0.1, -0.05) is 0 Å². The molecule has 0 aromatic heterocycles. The van der Waals surface area contributed by atoms with Crippen LogP contribution in [0.3, 0.4) is 0 Å². The first kappa shape index (κ1) is 7.80. The lowest BCUT2D eigenvalue weighted by Gasteiger charge is -2.54. The first-order valence-electron chi connectivity index (χ1n) is 5.07. The molecule has 4 fully saturated rings. The van der Waals surface area contributed by atoms with E-state index in [2.05, 4.69) is 0 Å². The van der Waals surface area contributed by atoms with Crippen LogP contribution in [0.1, 0.15) is 32.1 Å². The summed E-state index contributed by atoms with van der Waals surface area (Å²) in [5, 5.41) is 9.22. The molecule has 0 radical (unpaired) electrons. The third-order valence-corrected chi connectivity index (χ3v) is 3.95. The van der Waals surface area contributed by atoms with Crippen molar-refractivity contribution in [1.29, 1.82) is 0 Å². The molecule has 4 aliphatic rings. The van der Waals surface area contributed by atoms with E-state index in [-0.39, 0.29) is 12.2 Å². The molecule has 3 heteroatoms. The zero-order valence-corrected chi connectivity index (χ0v) is 7.53. The van der Waals surface area contributed by atoms with Gasteiger partial charge in [0.1, 0.15) is 0 Å². The third-order valence-electron chi connectivity index (χ3n) is 3.95. The van der Waals surface area contributed by atoms with Gasteiger partial charge in [-0.2, -0.15) is 0 Å². The van der Waals surface area contributed by atoms with E-state index >= 15 is 0 Å². The molecule has 0 aromatic carbocycles. The van der Waals surface area contributed by atoms with Crippen LogP contribution >= 0.6 is 0 Å². The number of carboxylic acids is 1. The van der Waals surface area contributed by atoms with Crippen LogP contribution in [0.5, 0.6) is 0 Å². The van der Waals surface area contributed by atoms with Crippen molar-refractivity contribution in [2.45, 2.75) is 44.3 Å². The Morgan fingerprint density at radius 2 is 1.85 bits per heavy atom. The molecule has 0 amide bonds. The molecular formula is C10H14O3. The highest BCUT2D eigenvalue weighted by atomic mass is 16.5. The number of rotatable bonds is 1. The van der Waals surface area contributed by atoms with Gasteiger partial charge in [0.2, 0.25) is 0 Å². The second kappa shape index (κ2) is 2.27. The summed E-state index contributed by atoms with van der Waals surface area (Å²) in [6, 6.07) is 0. The van der Waals surface area contributed by atoms with E-state index in [1.807, 2.05) is 0 Å². The van der Waals surface area contributed by atoms with Gasteiger partial charge in [-0.05, 0) is 38.0 Å². The molecule has 4 rings (SSSR count). The zero-order valence-electron chi connectivity index (χ0n) is 7.53. The average Bonchev–Trinajstić information content (AvgIpc) is 2.00. The lowest BCUT2D eigenvalue weighted by Crippen LogP contribution is -2.55. The summed E-state index contributed by atoms with van der Waals surface area (Å²) in [5.74, 6) is 0.0394. The van der Waals surface area contributed by atoms with Crippen LogP contribution in [0, 0.1) is 11.3 Å². The topological polar surface area (TPSA) is 46.5 Å². The smallest absolute Gasteiger partial charge is 0.309 e. The second-order valence-corrected chi connectivity index (χ2v) is 4.92. The van der Waals surface area contributed by atoms with Crippen molar-refractivity contribution in [2.24, 2.45) is 11.3 Å². The van der Waals surface area contributed by atoms with Gasteiger partial charge < -0.3 is 9.84 Å². The molecule has 2 saturated heterocycles. The van der Waals surface area contributed by atoms with E-state index in [1.54, 1.807) is 0 Å². The zero-order chi connectivity index (χ0) is 9.05. The van der Waals surface area contributed by atoms with E-state index in [0.29, 0.717) is 5.92 Å². The van der Waals surface area contributed by atoms with Gasteiger partial charge in [-0.3, -0.25) is 4.79 Å². The van der Waals surface area contributed by atoms with Gasteiger partial charge in [-0.25, -0.2) is 0 Å². The maximum atomic E-state index is 11.2. The molecule has 4 bridgehead atoms. The normalized spacial score (nSPS) is 52.5. The fourth-order valence-corrected chi connectivity index (χ4v) is 3.59. The lowest BCUT2D eigenvalue weighted by molar-refractivity contribution is -0.205. The fraction of sp³-hybridized carbons (Fsp3) is 0.900. The average molecular weight is 182 g/mol. The first-order valence-corrected chi connectivity index (χ1v) is 5.07. The molecule has 72 valence electrons. The third kappa shape index (κ3) is 0.966. The van der Waals surface area contributed by atoms with Crippen LogP contribution in [0.4, 0.5) is 0 Å². The molecule has 2 unspecified atom stereocenters. The molecule has 2 saturated carbocycles. The van der Waals surface area contributed by atoms with Crippen molar-refractivity contribution < 1.29 is 14.6 Å². The summed E-state index contributed by atoms with van der Waals surface area (Å²) in [7, 11) is 0. The maximum absolute atomic E-state index is 11.2. The van der Waals surface area contributed by atoms with Crippen molar-refractivity contribution in [3.05, 3.63) is 0 Å². The standard InChI is InChI=1S/C10H14O3/c11-9(12)10-3-6-1-7(4-10)13-8(2-6)5-10/h6-8H,1-5H2,(H,11,12). The highest BCUT2D eigenvalue weighted by molar-refractivity contribution is 5.75. The Morgan fingerprint density at radius 3 is 2.31 bits per heavy atom. The minimum absolute atomic E-state index is 0.252. The van der Waals surface area contributed by atoms with E-state index in [0.717, 1.165) is 32.1 Å². The van der Waals surface area contributed by atoms with Crippen LogP contribution in [-0.4, -0.2) is 23.3 Å². The van der Waals surface area contributed by atoms with E-state index in [9.17, 15) is 9.90 Å². The van der Waals surface area contributed by atoms with Gasteiger partial charge in [-0.15, -0.1) is 0 Å². The Hall–Kier alpha value is -0.570. The van der Waals surface area contributed by atoms with Gasteiger partial charge in [0.25, 0.3) is 0 Å². The van der Waals surface area contributed by atoms with Gasteiger partial charge >= 0.3 is 5.97 Å². The van der Waals surface area contributed by atoms with Gasteiger partial charge in [0.15, 0.2) is 0 Å². The summed E-state index contributed by atoms with van der Waals surface area (Å²) >= 11 is 0. The molecular weight excluding hydrogens is 168 g/mol. The van der Waals surface area contributed by atoms with E-state index < -0.39 is 11.4 Å². The fourth-order valence-electron chi connectivity index (χ4n) is 3.59. The number of carbonyl (C=O) groups is 1. The Morgan fingerprint density at radius 1 is 1.23 bits per heavy atom. The largest absolute Gasteiger partial charge is 0.481 e. The van der Waals surface area contributed by atoms with Crippen molar-refractivity contribution in [2.75, 3.05) is 0 Å². The summed E-state index contributed by atoms with van der Waals surface area (Å²) in [6.07, 6.45) is 5.13. The van der Waals surface area contributed by atoms with Crippen LogP contribution in [0.25, 0.3) is 0 Å². The Balaban J connectivity index is 1.95. The minimum Gasteiger partial charge on any atom is -0.481 e. The Kier molecular flexibility index (Phi) is 1.36. The first-order chi connectivity index (χ1) is 6.18. The second-order valence-electron chi connectivity index (χ2n) is 4.92. The minimum atomic E-state index is -0.588. The Bertz CT molecular complexity index is 224. The SMILES string of the molecule is O=C(O)C12CC3CC(C1)OC(C3)C2. The number of hydrogen-bond acceptors (Lipinski definition) is 2. The summed E-state index contributed by atoms with van der Waals surface area (Å²) < 4.78 is 5.73. The van der Waals surface area contributed by atoms with Gasteiger partial charge in [0.05, 0.1) is 17.6 Å². The molecule has 3 nitrogen and oxygen atoms in total. The highest BCUT2D eigenvalue weighted by Crippen LogP contribution is 2.54. The van der Waals surface area contributed by atoms with Crippen LogP contribution in [0.15, 0.2) is 0 Å². The number of ether oxygens (including phenoxy) is 1. The molecule has 2 heterocycles. The number of aliphatic carboxylic acids is 1. The summed E-state index contributed by atoms with van der Waals surface area (Å²) in [5.41, 5.74) is -0.408. The Labute approximate surface area is 77.1 Å². The van der Waals surface area contributed by atoms with Crippen LogP contribution < -0.4 is 0 Å². The molecule has 0 aromatic rings. The lowest BCUT2D eigenvalue weighted by atomic mass is 9.58. The predicted octanol–water partition coefficient (Wildman–Crippen LogP) is 1.42. The summed E-state index contributed by atoms with van der Waals surface area (Å²) in [4.78, 5) is 11.2. The van der Waals surface area contributed by atoms with E-state index in [1.165, 1.54) is 0 Å². The maximum Gasteiger partial charge on any atom is 0.309 e. The van der Waals surface area contributed by atoms with Crippen LogP contribution in [-0.2, 0) is 9.53 Å². The number of carboxylic acid groups (broad SMARTS) is 1. The summed E-state index contributed by atoms with van der Waals surface area (Å²) in [6.45, 7) is 0. The predicted molar refractivity (Wildman–Crippen MR) is 45.3 cm³/mol. The van der Waals surface area contributed by atoms with Crippen molar-refractivity contribution >= 4 is 5.97 Å². The van der Waals surface area contributed by atoms with Crippen molar-refractivity contribution in [3.8, 4) is 0 Å². The molecule has 0 spiro atoms. The van der Waals surface area contributed by atoms with Crippen molar-refractivity contribution in [1.82, 2.24) is 0 Å². The molecule has 1 N–H and O–H groups in total. The van der Waals surface area contributed by atoms with Gasteiger partial charge in [0, 0.05) is 0 Å². The van der Waals surface area contributed by atoms with E-state index in [4.69, 9.17) is 4.74 Å². The quantitative estimate of drug-likeness (QED) is 0.667. The monoisotopic (exact) mass is 182 g/mol.